The number of amidine groups is 1. The van der Waals surface area contributed by atoms with Gasteiger partial charge in [-0.3, -0.25) is 4.31 Å². The highest BCUT2D eigenvalue weighted by molar-refractivity contribution is 7.89. The average molecular weight is 291 g/mol. The van der Waals surface area contributed by atoms with E-state index in [1.165, 1.54) is 23.5 Å². The van der Waals surface area contributed by atoms with Crippen LogP contribution in [0.4, 0.5) is 0 Å². The molecular formula is C13H16BN2O3S. The second-order valence-corrected chi connectivity index (χ2v) is 6.24. The Morgan fingerprint density at radius 2 is 2.05 bits per heavy atom. The molecule has 0 bridgehead atoms. The molecule has 1 aromatic carbocycles. The minimum atomic E-state index is -3.56. The molecule has 0 fully saturated rings. The summed E-state index contributed by atoms with van der Waals surface area (Å²) in [4.78, 5) is 4.26. The highest BCUT2D eigenvalue weighted by atomic mass is 32.2. The maximum atomic E-state index is 12.4. The molecule has 1 radical (unpaired) electrons. The molecule has 105 valence electrons. The molecule has 5 nitrogen and oxygen atoms in total. The van der Waals surface area contributed by atoms with E-state index in [9.17, 15) is 8.42 Å². The summed E-state index contributed by atoms with van der Waals surface area (Å²) >= 11 is 0. The van der Waals surface area contributed by atoms with Gasteiger partial charge >= 0.3 is 7.48 Å². The fourth-order valence-electron chi connectivity index (χ4n) is 1.73. The van der Waals surface area contributed by atoms with Crippen LogP contribution in [0.15, 0.2) is 46.4 Å². The van der Waals surface area contributed by atoms with Gasteiger partial charge in [0.05, 0.1) is 10.6 Å². The van der Waals surface area contributed by atoms with Gasteiger partial charge in [0.15, 0.2) is 0 Å². The fraction of sp³-hybridized carbons (Fsp3) is 0.308. The second kappa shape index (κ2) is 6.13. The molecule has 0 saturated heterocycles. The fourth-order valence-corrected chi connectivity index (χ4v) is 2.92. The van der Waals surface area contributed by atoms with Crippen molar-refractivity contribution in [3.8, 4) is 5.75 Å². The number of benzene rings is 1. The topological polar surface area (TPSA) is 59.0 Å². The SMILES string of the molecule is CC[B]Oc1ccc(S(=O)(=O)N(C)C2=NC=CC2)cc1. The van der Waals surface area contributed by atoms with E-state index in [2.05, 4.69) is 4.99 Å². The van der Waals surface area contributed by atoms with E-state index in [-0.39, 0.29) is 4.90 Å². The van der Waals surface area contributed by atoms with Crippen molar-refractivity contribution in [2.24, 2.45) is 4.99 Å². The van der Waals surface area contributed by atoms with Gasteiger partial charge in [0, 0.05) is 19.7 Å². The Kier molecular flexibility index (Phi) is 4.49. The third-order valence-electron chi connectivity index (χ3n) is 2.86. The monoisotopic (exact) mass is 291 g/mol. The zero-order valence-corrected chi connectivity index (χ0v) is 12.3. The largest absolute Gasteiger partial charge is 0.563 e. The maximum Gasteiger partial charge on any atom is 0.369 e. The van der Waals surface area contributed by atoms with Gasteiger partial charge in [-0.2, -0.15) is 0 Å². The zero-order valence-electron chi connectivity index (χ0n) is 11.5. The predicted molar refractivity (Wildman–Crippen MR) is 79.4 cm³/mol. The minimum absolute atomic E-state index is 0.221. The first kappa shape index (κ1) is 14.6. The third kappa shape index (κ3) is 3.04. The molecule has 1 aliphatic heterocycles. The number of nitrogens with zero attached hydrogens (tertiary/aromatic N) is 2. The Bertz CT molecular complexity index is 624. The summed E-state index contributed by atoms with van der Waals surface area (Å²) in [6, 6.07) is 6.35. The molecule has 1 aromatic rings. The van der Waals surface area contributed by atoms with Crippen molar-refractivity contribution in [2.45, 2.75) is 24.6 Å². The summed E-state index contributed by atoms with van der Waals surface area (Å²) in [7, 11) is -0.391. The van der Waals surface area contributed by atoms with Crippen molar-refractivity contribution in [1.29, 1.82) is 0 Å². The minimum Gasteiger partial charge on any atom is -0.563 e. The summed E-state index contributed by atoms with van der Waals surface area (Å²) in [5.41, 5.74) is 0. The summed E-state index contributed by atoms with van der Waals surface area (Å²) in [6.07, 6.45) is 4.75. The number of hydrogen-bond acceptors (Lipinski definition) is 4. The number of rotatable bonds is 5. The van der Waals surface area contributed by atoms with Crippen LogP contribution in [0.5, 0.6) is 5.75 Å². The summed E-state index contributed by atoms with van der Waals surface area (Å²) in [5.74, 6) is 1.14. The maximum absolute atomic E-state index is 12.4. The average Bonchev–Trinajstić information content (AvgIpc) is 2.98. The highest BCUT2D eigenvalue weighted by Crippen LogP contribution is 2.20. The molecule has 0 atom stereocenters. The molecule has 20 heavy (non-hydrogen) atoms. The van der Waals surface area contributed by atoms with Crippen LogP contribution >= 0.6 is 0 Å². The van der Waals surface area contributed by atoms with E-state index >= 15 is 0 Å². The highest BCUT2D eigenvalue weighted by Gasteiger charge is 2.24. The van der Waals surface area contributed by atoms with Gasteiger partial charge in [0.1, 0.15) is 5.84 Å². The Morgan fingerprint density at radius 3 is 2.60 bits per heavy atom. The Labute approximate surface area is 120 Å². The molecule has 0 unspecified atom stereocenters. The van der Waals surface area contributed by atoms with Crippen LogP contribution in [0, 0.1) is 0 Å². The van der Waals surface area contributed by atoms with Gasteiger partial charge in [-0.25, -0.2) is 13.4 Å². The lowest BCUT2D eigenvalue weighted by Crippen LogP contribution is -2.32. The second-order valence-electron chi connectivity index (χ2n) is 4.27. The molecule has 0 spiro atoms. The summed E-state index contributed by atoms with van der Waals surface area (Å²) in [6.45, 7) is 1.96. The smallest absolute Gasteiger partial charge is 0.369 e. The van der Waals surface area contributed by atoms with Crippen molar-refractivity contribution in [3.05, 3.63) is 36.5 Å². The summed E-state index contributed by atoms with van der Waals surface area (Å²) < 4.78 is 31.4. The van der Waals surface area contributed by atoms with Gasteiger partial charge in [-0.05, 0) is 30.6 Å². The van der Waals surface area contributed by atoms with Crippen LogP contribution in [0.3, 0.4) is 0 Å². The Hall–Kier alpha value is -1.76. The van der Waals surface area contributed by atoms with Gasteiger partial charge < -0.3 is 4.65 Å². The van der Waals surface area contributed by atoms with E-state index < -0.39 is 10.0 Å². The molecule has 0 saturated carbocycles. The van der Waals surface area contributed by atoms with Crippen molar-refractivity contribution >= 4 is 23.3 Å². The lowest BCUT2D eigenvalue weighted by Gasteiger charge is -2.19. The first-order chi connectivity index (χ1) is 9.55. The van der Waals surface area contributed by atoms with E-state index in [1.807, 2.05) is 13.0 Å². The van der Waals surface area contributed by atoms with Crippen LogP contribution in [0.1, 0.15) is 13.3 Å². The van der Waals surface area contributed by atoms with E-state index in [4.69, 9.17) is 4.65 Å². The van der Waals surface area contributed by atoms with Crippen molar-refractivity contribution in [1.82, 2.24) is 4.31 Å². The zero-order chi connectivity index (χ0) is 14.6. The molecular weight excluding hydrogens is 275 g/mol. The number of sulfonamides is 1. The van der Waals surface area contributed by atoms with E-state index in [0.29, 0.717) is 18.0 Å². The quantitative estimate of drug-likeness (QED) is 0.780. The Morgan fingerprint density at radius 1 is 1.35 bits per heavy atom. The predicted octanol–water partition coefficient (Wildman–Crippen LogP) is 2.06. The van der Waals surface area contributed by atoms with Gasteiger partial charge in [-0.15, -0.1) is 0 Å². The number of hydrogen-bond donors (Lipinski definition) is 0. The first-order valence-electron chi connectivity index (χ1n) is 6.34. The van der Waals surface area contributed by atoms with Crippen molar-refractivity contribution < 1.29 is 13.1 Å². The lowest BCUT2D eigenvalue weighted by molar-refractivity contribution is 0.550. The van der Waals surface area contributed by atoms with Crippen LogP contribution in [-0.2, 0) is 10.0 Å². The molecule has 0 N–H and O–H groups in total. The van der Waals surface area contributed by atoms with Gasteiger partial charge in [0.2, 0.25) is 0 Å². The lowest BCUT2D eigenvalue weighted by atomic mass is 9.97. The number of aliphatic imine (C=N–C) groups is 1. The molecule has 0 aromatic heterocycles. The third-order valence-corrected chi connectivity index (χ3v) is 4.66. The van der Waals surface area contributed by atoms with E-state index in [0.717, 1.165) is 6.32 Å². The normalized spacial score (nSPS) is 14.0. The van der Waals surface area contributed by atoms with E-state index in [1.54, 1.807) is 25.8 Å². The molecule has 1 heterocycles. The molecule has 2 rings (SSSR count). The van der Waals surface area contributed by atoms with Crippen LogP contribution in [0.2, 0.25) is 6.32 Å². The van der Waals surface area contributed by atoms with Crippen molar-refractivity contribution in [3.63, 3.8) is 0 Å². The molecule has 1 aliphatic rings. The summed E-state index contributed by atoms with van der Waals surface area (Å²) in [5, 5.41) is 0. The van der Waals surface area contributed by atoms with Gasteiger partial charge in [0.25, 0.3) is 10.0 Å². The van der Waals surface area contributed by atoms with Crippen LogP contribution in [-0.4, -0.2) is 33.1 Å². The first-order valence-corrected chi connectivity index (χ1v) is 7.78. The molecule has 0 aliphatic carbocycles. The molecule has 7 heteroatoms. The Balaban J connectivity index is 2.17. The van der Waals surface area contributed by atoms with Gasteiger partial charge in [-0.1, -0.05) is 13.0 Å². The molecule has 0 amide bonds. The standard InChI is InChI=1S/C13H16BN2O3S/c1-3-14-19-11-6-8-12(9-7-11)20(17,18)16(2)13-5-4-10-15-13/h4,6-10H,3,5H2,1-2H3. The van der Waals surface area contributed by atoms with Crippen LogP contribution in [0.25, 0.3) is 0 Å². The van der Waals surface area contributed by atoms with Crippen LogP contribution < -0.4 is 4.65 Å². The van der Waals surface area contributed by atoms with Crippen molar-refractivity contribution in [2.75, 3.05) is 7.05 Å².